The van der Waals surface area contributed by atoms with Gasteiger partial charge in [-0.2, -0.15) is 0 Å². The van der Waals surface area contributed by atoms with E-state index in [2.05, 4.69) is 5.32 Å². The molecule has 1 atom stereocenters. The number of para-hydroxylation sites is 1. The van der Waals surface area contributed by atoms with Gasteiger partial charge in [-0.1, -0.05) is 66.7 Å². The van der Waals surface area contributed by atoms with E-state index in [1.165, 1.54) is 0 Å². The number of hydrogen-bond acceptors (Lipinski definition) is 4. The minimum absolute atomic E-state index is 0.0501. The van der Waals surface area contributed by atoms with Crippen molar-refractivity contribution in [3.8, 4) is 11.1 Å². The lowest BCUT2D eigenvalue weighted by Crippen LogP contribution is -2.49. The number of carbonyl (C=O) groups excluding carboxylic acids is 3. The molecule has 1 aliphatic heterocycles. The maximum absolute atomic E-state index is 13.7. The number of benzene rings is 3. The highest BCUT2D eigenvalue weighted by atomic mass is 16.2. The molecule has 3 amide bonds. The molecule has 0 bridgehead atoms. The van der Waals surface area contributed by atoms with Gasteiger partial charge in [0.15, 0.2) is 0 Å². The lowest BCUT2D eigenvalue weighted by Gasteiger charge is -2.27. The summed E-state index contributed by atoms with van der Waals surface area (Å²) in [7, 11) is 3.52. The fourth-order valence-electron chi connectivity index (χ4n) is 4.92. The lowest BCUT2D eigenvalue weighted by atomic mass is 9.96. The van der Waals surface area contributed by atoms with Crippen molar-refractivity contribution in [2.24, 2.45) is 5.73 Å². The summed E-state index contributed by atoms with van der Waals surface area (Å²) in [5, 5.41) is 2.93. The Bertz CT molecular complexity index is 1340. The first-order chi connectivity index (χ1) is 18.5. The molecule has 0 saturated heterocycles. The number of anilines is 1. The van der Waals surface area contributed by atoms with Crippen molar-refractivity contribution in [3.63, 3.8) is 0 Å². The molecular weight excluding hydrogens is 488 g/mol. The molecule has 0 fully saturated rings. The van der Waals surface area contributed by atoms with Crippen LogP contribution in [0.15, 0.2) is 72.8 Å². The van der Waals surface area contributed by atoms with Crippen molar-refractivity contribution in [1.29, 1.82) is 0 Å². The van der Waals surface area contributed by atoms with Gasteiger partial charge in [0.2, 0.25) is 17.7 Å². The van der Waals surface area contributed by atoms with E-state index in [1.54, 1.807) is 37.7 Å². The third kappa shape index (κ3) is 7.12. The van der Waals surface area contributed by atoms with Crippen LogP contribution in [0.4, 0.5) is 5.69 Å². The second-order valence-electron chi connectivity index (χ2n) is 11.2. The smallest absolute Gasteiger partial charge is 0.249 e. The van der Waals surface area contributed by atoms with Gasteiger partial charge in [0.25, 0.3) is 0 Å². The van der Waals surface area contributed by atoms with Crippen molar-refractivity contribution in [2.75, 3.05) is 19.0 Å². The number of fused-ring (bicyclic) bond motifs is 1. The Morgan fingerprint density at radius 3 is 2.36 bits per heavy atom. The van der Waals surface area contributed by atoms with Crippen LogP contribution in [-0.4, -0.2) is 48.3 Å². The molecule has 7 heteroatoms. The minimum atomic E-state index is -0.652. The lowest BCUT2D eigenvalue weighted by molar-refractivity contribution is -0.128. The second-order valence-corrected chi connectivity index (χ2v) is 11.2. The van der Waals surface area contributed by atoms with Gasteiger partial charge in [0, 0.05) is 31.7 Å². The number of likely N-dealkylation sites (N-methyl/N-ethyl adjacent to an activating group) is 1. The number of rotatable bonds is 8. The second kappa shape index (κ2) is 11.8. The van der Waals surface area contributed by atoms with E-state index >= 15 is 0 Å². The first-order valence-electron chi connectivity index (χ1n) is 13.4. The Labute approximate surface area is 231 Å². The van der Waals surface area contributed by atoms with Crippen LogP contribution < -0.4 is 16.0 Å². The molecule has 4 rings (SSSR count). The molecule has 0 aliphatic carbocycles. The molecular formula is C32H38N4O3. The fourth-order valence-corrected chi connectivity index (χ4v) is 4.92. The number of nitrogens with zero attached hydrogens (tertiary/aromatic N) is 2. The first kappa shape index (κ1) is 28.0. The van der Waals surface area contributed by atoms with E-state index in [0.29, 0.717) is 25.8 Å². The predicted octanol–water partition coefficient (Wildman–Crippen LogP) is 4.08. The Kier molecular flexibility index (Phi) is 8.51. The van der Waals surface area contributed by atoms with Gasteiger partial charge in [-0.15, -0.1) is 0 Å². The van der Waals surface area contributed by atoms with Gasteiger partial charge in [0.05, 0.1) is 13.0 Å². The number of hydrogen-bond donors (Lipinski definition) is 2. The highest BCUT2D eigenvalue weighted by molar-refractivity contribution is 6.00. The molecule has 0 aromatic heterocycles. The summed E-state index contributed by atoms with van der Waals surface area (Å²) in [6.07, 6.45) is 1.70. The number of carbonyl (C=O) groups is 3. The molecule has 7 nitrogen and oxygen atoms in total. The summed E-state index contributed by atoms with van der Waals surface area (Å²) in [5.41, 5.74) is 11.3. The van der Waals surface area contributed by atoms with Crippen LogP contribution in [0, 0.1) is 0 Å². The first-order valence-corrected chi connectivity index (χ1v) is 13.4. The van der Waals surface area contributed by atoms with Crippen molar-refractivity contribution in [3.05, 3.63) is 89.5 Å². The van der Waals surface area contributed by atoms with E-state index in [1.807, 2.05) is 72.8 Å². The SMILES string of the molecule is CN(C)C(=O)Cc1ccccc1-c1ccc(CN2C(=O)[C@H](NC(=O)CC(C)(C)N)CCc3ccccc32)cc1. The number of aryl methyl sites for hydroxylation is 1. The molecule has 0 saturated carbocycles. The van der Waals surface area contributed by atoms with Crippen LogP contribution in [-0.2, 0) is 33.8 Å². The maximum atomic E-state index is 13.7. The van der Waals surface area contributed by atoms with Crippen molar-refractivity contribution in [2.45, 2.75) is 57.7 Å². The van der Waals surface area contributed by atoms with Crippen LogP contribution >= 0.6 is 0 Å². The molecule has 1 heterocycles. The highest BCUT2D eigenvalue weighted by Gasteiger charge is 2.32. The summed E-state index contributed by atoms with van der Waals surface area (Å²) in [5.74, 6) is -0.295. The third-order valence-corrected chi connectivity index (χ3v) is 6.96. The van der Waals surface area contributed by atoms with Crippen LogP contribution in [0.5, 0.6) is 0 Å². The summed E-state index contributed by atoms with van der Waals surface area (Å²) < 4.78 is 0. The molecule has 0 spiro atoms. The normalized spacial score (nSPS) is 15.4. The van der Waals surface area contributed by atoms with E-state index < -0.39 is 11.6 Å². The average molecular weight is 527 g/mol. The van der Waals surface area contributed by atoms with Gasteiger partial charge >= 0.3 is 0 Å². The van der Waals surface area contributed by atoms with E-state index in [9.17, 15) is 14.4 Å². The summed E-state index contributed by atoms with van der Waals surface area (Å²) in [6.45, 7) is 3.98. The van der Waals surface area contributed by atoms with E-state index in [-0.39, 0.29) is 24.1 Å². The van der Waals surface area contributed by atoms with Gasteiger partial charge in [0.1, 0.15) is 6.04 Å². The zero-order valence-electron chi connectivity index (χ0n) is 23.2. The van der Waals surface area contributed by atoms with Gasteiger partial charge in [-0.25, -0.2) is 0 Å². The van der Waals surface area contributed by atoms with Crippen LogP contribution in [0.3, 0.4) is 0 Å². The maximum Gasteiger partial charge on any atom is 0.249 e. The quantitative estimate of drug-likeness (QED) is 0.462. The van der Waals surface area contributed by atoms with Crippen molar-refractivity contribution >= 4 is 23.4 Å². The zero-order chi connectivity index (χ0) is 28.2. The highest BCUT2D eigenvalue weighted by Crippen LogP contribution is 2.30. The summed E-state index contributed by atoms with van der Waals surface area (Å²) >= 11 is 0. The van der Waals surface area contributed by atoms with Crippen molar-refractivity contribution < 1.29 is 14.4 Å². The monoisotopic (exact) mass is 526 g/mol. The van der Waals surface area contributed by atoms with Gasteiger partial charge in [-0.3, -0.25) is 14.4 Å². The van der Waals surface area contributed by atoms with E-state index in [4.69, 9.17) is 5.73 Å². The molecule has 204 valence electrons. The largest absolute Gasteiger partial charge is 0.349 e. The minimum Gasteiger partial charge on any atom is -0.349 e. The predicted molar refractivity (Wildman–Crippen MR) is 155 cm³/mol. The molecule has 1 aliphatic rings. The van der Waals surface area contributed by atoms with Crippen LogP contribution in [0.1, 0.15) is 43.4 Å². The Morgan fingerprint density at radius 2 is 1.67 bits per heavy atom. The van der Waals surface area contributed by atoms with Crippen molar-refractivity contribution in [1.82, 2.24) is 10.2 Å². The third-order valence-electron chi connectivity index (χ3n) is 6.96. The average Bonchev–Trinajstić information content (AvgIpc) is 3.01. The Morgan fingerprint density at radius 1 is 1.00 bits per heavy atom. The van der Waals surface area contributed by atoms with Crippen LogP contribution in [0.25, 0.3) is 11.1 Å². The number of nitrogens with two attached hydrogens (primary N) is 1. The number of nitrogens with one attached hydrogen (secondary N) is 1. The molecule has 3 aromatic carbocycles. The van der Waals surface area contributed by atoms with Crippen LogP contribution in [0.2, 0.25) is 0 Å². The summed E-state index contributed by atoms with van der Waals surface area (Å²) in [4.78, 5) is 42.1. The molecule has 0 unspecified atom stereocenters. The molecule has 39 heavy (non-hydrogen) atoms. The van der Waals surface area contributed by atoms with Gasteiger partial charge in [-0.05, 0) is 60.6 Å². The van der Waals surface area contributed by atoms with E-state index in [0.717, 1.165) is 33.5 Å². The standard InChI is InChI=1S/C32H38N4O3/c1-32(2,33)20-29(37)34-27-18-17-24-9-6-8-12-28(24)36(31(27)39)21-22-13-15-23(16-14-22)26-11-7-5-10-25(26)19-30(38)35(3)4/h5-16,27H,17-21,33H2,1-4H3,(H,34,37)/t27-/m1/s1. The Hall–Kier alpha value is -3.97. The molecule has 3 aromatic rings. The zero-order valence-corrected chi connectivity index (χ0v) is 23.2. The number of amides is 3. The topological polar surface area (TPSA) is 95.7 Å². The summed E-state index contributed by atoms with van der Waals surface area (Å²) in [6, 6.07) is 23.3. The Balaban J connectivity index is 1.57. The molecule has 3 N–H and O–H groups in total. The molecule has 0 radical (unpaired) electrons. The van der Waals surface area contributed by atoms with Gasteiger partial charge < -0.3 is 20.9 Å². The fraction of sp³-hybridized carbons (Fsp3) is 0.344.